The molecule has 0 fully saturated rings. The third-order valence-electron chi connectivity index (χ3n) is 5.47. The number of amides is 1. The number of carbonyl (C=O) groups excluding carboxylic acids is 2. The van der Waals surface area contributed by atoms with Gasteiger partial charge < -0.3 is 4.74 Å². The molecule has 0 saturated heterocycles. The number of thiazole rings is 1. The quantitative estimate of drug-likeness (QED) is 0.283. The molecule has 0 saturated carbocycles. The fraction of sp³-hybridized carbons (Fsp3) is 0.320. The number of nitrogens with zero attached hydrogens (tertiary/aromatic N) is 5. The molecule has 0 aliphatic rings. The molecule has 0 aliphatic carbocycles. The van der Waals surface area contributed by atoms with Crippen molar-refractivity contribution in [3.8, 4) is 11.3 Å². The third kappa shape index (κ3) is 4.83. The number of carbonyl (C=O) groups is 2. The van der Waals surface area contributed by atoms with E-state index in [4.69, 9.17) is 4.74 Å². The van der Waals surface area contributed by atoms with Crippen LogP contribution >= 0.6 is 11.3 Å². The number of anilines is 1. The van der Waals surface area contributed by atoms with Gasteiger partial charge in [0.1, 0.15) is 16.1 Å². The Balaban J connectivity index is 1.81. The van der Waals surface area contributed by atoms with E-state index >= 15 is 0 Å². The third-order valence-corrected chi connectivity index (χ3v) is 6.63. The summed E-state index contributed by atoms with van der Waals surface area (Å²) in [4.78, 5) is 36.7. The van der Waals surface area contributed by atoms with Crippen LogP contribution in [-0.2, 0) is 4.74 Å². The normalized spacial score (nSPS) is 11.3. The first-order chi connectivity index (χ1) is 17.2. The summed E-state index contributed by atoms with van der Waals surface area (Å²) in [6.45, 7) is 7.71. The maximum Gasteiger partial charge on any atom is 0.350 e. The predicted octanol–water partition coefficient (Wildman–Crippen LogP) is 5.64. The van der Waals surface area contributed by atoms with Gasteiger partial charge in [0.2, 0.25) is 0 Å². The second kappa shape index (κ2) is 10.5. The van der Waals surface area contributed by atoms with Gasteiger partial charge in [-0.2, -0.15) is 5.10 Å². The number of alkyl halides is 2. The molecule has 0 spiro atoms. The second-order valence-corrected chi connectivity index (χ2v) is 9.09. The molecule has 0 N–H and O–H groups in total. The van der Waals surface area contributed by atoms with Crippen LogP contribution in [0.15, 0.2) is 36.5 Å². The van der Waals surface area contributed by atoms with Crippen molar-refractivity contribution in [3.05, 3.63) is 63.9 Å². The Morgan fingerprint density at radius 1 is 1.14 bits per heavy atom. The second-order valence-electron chi connectivity index (χ2n) is 8.11. The van der Waals surface area contributed by atoms with Gasteiger partial charge in [0.05, 0.1) is 24.2 Å². The average Bonchev–Trinajstić information content (AvgIpc) is 3.45. The lowest BCUT2D eigenvalue weighted by molar-refractivity contribution is 0.0531. The lowest BCUT2D eigenvalue weighted by Gasteiger charge is -2.18. The van der Waals surface area contributed by atoms with Crippen LogP contribution in [-0.4, -0.2) is 44.6 Å². The molecule has 4 aromatic rings. The first-order valence-corrected chi connectivity index (χ1v) is 12.3. The van der Waals surface area contributed by atoms with Gasteiger partial charge >= 0.3 is 5.97 Å². The molecule has 8 nitrogen and oxygen atoms in total. The van der Waals surface area contributed by atoms with E-state index in [0.717, 1.165) is 21.4 Å². The molecular formula is C25H25F2N5O3S. The highest BCUT2D eigenvalue weighted by molar-refractivity contribution is 7.17. The molecular weight excluding hydrogens is 488 g/mol. The number of aromatic nitrogens is 4. The lowest BCUT2D eigenvalue weighted by atomic mass is 10.1. The van der Waals surface area contributed by atoms with Gasteiger partial charge in [-0.05, 0) is 33.3 Å². The first kappa shape index (κ1) is 25.4. The first-order valence-electron chi connectivity index (χ1n) is 11.4. The molecule has 1 amide bonds. The van der Waals surface area contributed by atoms with Gasteiger partial charge in [-0.15, -0.1) is 0 Å². The van der Waals surface area contributed by atoms with E-state index < -0.39 is 18.3 Å². The van der Waals surface area contributed by atoms with Crippen molar-refractivity contribution in [1.29, 1.82) is 0 Å². The SMILES string of the molecule is CCCN(C(=O)c1cnn2c(C(F)F)cc(-c3ccc(C)cc3)nc12)c1nc(C)c(C(=O)OCC)s1. The highest BCUT2D eigenvalue weighted by atomic mass is 32.1. The van der Waals surface area contributed by atoms with Crippen LogP contribution in [0.5, 0.6) is 0 Å². The van der Waals surface area contributed by atoms with Crippen molar-refractivity contribution in [1.82, 2.24) is 19.6 Å². The zero-order valence-electron chi connectivity index (χ0n) is 20.3. The molecule has 0 atom stereocenters. The van der Waals surface area contributed by atoms with Crippen LogP contribution in [0.4, 0.5) is 13.9 Å². The molecule has 0 bridgehead atoms. The van der Waals surface area contributed by atoms with E-state index in [1.165, 1.54) is 17.2 Å². The van der Waals surface area contributed by atoms with Crippen LogP contribution in [0.1, 0.15) is 63.7 Å². The van der Waals surface area contributed by atoms with Crippen molar-refractivity contribution in [2.24, 2.45) is 0 Å². The number of hydrogen-bond donors (Lipinski definition) is 0. The monoisotopic (exact) mass is 513 g/mol. The summed E-state index contributed by atoms with van der Waals surface area (Å²) in [6, 6.07) is 8.59. The molecule has 4 rings (SSSR count). The summed E-state index contributed by atoms with van der Waals surface area (Å²) < 4.78 is 34.0. The Labute approximate surface area is 210 Å². The largest absolute Gasteiger partial charge is 0.462 e. The number of hydrogen-bond acceptors (Lipinski definition) is 7. The van der Waals surface area contributed by atoms with E-state index in [-0.39, 0.29) is 23.5 Å². The fourth-order valence-corrected chi connectivity index (χ4v) is 4.69. The molecule has 3 heterocycles. The van der Waals surface area contributed by atoms with Crippen molar-refractivity contribution in [3.63, 3.8) is 0 Å². The van der Waals surface area contributed by atoms with Gasteiger partial charge in [-0.25, -0.2) is 28.1 Å². The van der Waals surface area contributed by atoms with Crippen molar-refractivity contribution < 1.29 is 23.1 Å². The Morgan fingerprint density at radius 3 is 2.50 bits per heavy atom. The van der Waals surface area contributed by atoms with Crippen LogP contribution in [0, 0.1) is 13.8 Å². The molecule has 36 heavy (non-hydrogen) atoms. The van der Waals surface area contributed by atoms with E-state index in [1.54, 1.807) is 26.0 Å². The summed E-state index contributed by atoms with van der Waals surface area (Å²) in [5.41, 5.74) is 2.13. The average molecular weight is 514 g/mol. The number of ether oxygens (including phenoxy) is 1. The van der Waals surface area contributed by atoms with Crippen molar-refractivity contribution >= 4 is 34.0 Å². The Kier molecular flexibility index (Phi) is 7.39. The topological polar surface area (TPSA) is 89.7 Å². The molecule has 3 aromatic heterocycles. The molecule has 0 radical (unpaired) electrons. The number of rotatable bonds is 8. The number of esters is 1. The van der Waals surface area contributed by atoms with Gasteiger partial charge in [-0.3, -0.25) is 9.69 Å². The summed E-state index contributed by atoms with van der Waals surface area (Å²) in [5, 5.41) is 4.37. The standard InChI is InChI=1S/C25H25F2N5O3S/c1-5-11-31(25-29-15(4)20(36-25)24(34)35-6-2)23(33)17-13-28-32-19(21(26)27)12-18(30-22(17)32)16-9-7-14(3)8-10-16/h7-10,12-13,21H,5-6,11H2,1-4H3. The van der Waals surface area contributed by atoms with E-state index in [0.29, 0.717) is 39.9 Å². The molecule has 188 valence electrons. The van der Waals surface area contributed by atoms with Crippen LogP contribution < -0.4 is 4.90 Å². The van der Waals surface area contributed by atoms with E-state index in [2.05, 4.69) is 15.1 Å². The zero-order chi connectivity index (χ0) is 26.0. The van der Waals surface area contributed by atoms with Gasteiger partial charge in [-0.1, -0.05) is 48.1 Å². The Morgan fingerprint density at radius 2 is 1.86 bits per heavy atom. The Hall–Kier alpha value is -3.73. The van der Waals surface area contributed by atoms with Gasteiger partial charge in [0.15, 0.2) is 10.8 Å². The lowest BCUT2D eigenvalue weighted by Crippen LogP contribution is -2.31. The molecule has 11 heteroatoms. The zero-order valence-corrected chi connectivity index (χ0v) is 21.1. The predicted molar refractivity (Wildman–Crippen MR) is 133 cm³/mol. The molecule has 0 aliphatic heterocycles. The number of aryl methyl sites for hydroxylation is 2. The minimum absolute atomic E-state index is 0.0216. The van der Waals surface area contributed by atoms with E-state index in [1.807, 2.05) is 26.0 Å². The summed E-state index contributed by atoms with van der Waals surface area (Å²) in [6.07, 6.45) is -0.990. The molecule has 0 unspecified atom stereocenters. The van der Waals surface area contributed by atoms with Gasteiger partial charge in [0, 0.05) is 12.1 Å². The van der Waals surface area contributed by atoms with Crippen LogP contribution in [0.3, 0.4) is 0 Å². The smallest absolute Gasteiger partial charge is 0.350 e. The highest BCUT2D eigenvalue weighted by Gasteiger charge is 2.28. The van der Waals surface area contributed by atoms with Gasteiger partial charge in [0.25, 0.3) is 12.3 Å². The van der Waals surface area contributed by atoms with Crippen molar-refractivity contribution in [2.45, 2.75) is 40.5 Å². The number of fused-ring (bicyclic) bond motifs is 1. The summed E-state index contributed by atoms with van der Waals surface area (Å²) in [5.74, 6) is -1.01. The summed E-state index contributed by atoms with van der Waals surface area (Å²) in [7, 11) is 0. The van der Waals surface area contributed by atoms with E-state index in [9.17, 15) is 18.4 Å². The number of halogens is 2. The minimum Gasteiger partial charge on any atom is -0.462 e. The minimum atomic E-state index is -2.83. The van der Waals surface area contributed by atoms with Crippen molar-refractivity contribution in [2.75, 3.05) is 18.1 Å². The highest BCUT2D eigenvalue weighted by Crippen LogP contribution is 2.31. The maximum atomic E-state index is 14.0. The maximum absolute atomic E-state index is 14.0. The van der Waals surface area contributed by atoms with Crippen LogP contribution in [0.2, 0.25) is 0 Å². The summed E-state index contributed by atoms with van der Waals surface area (Å²) >= 11 is 1.05. The fourth-order valence-electron chi connectivity index (χ4n) is 3.70. The molecule has 1 aromatic carbocycles. The number of benzene rings is 1. The Bertz CT molecular complexity index is 1420. The van der Waals surface area contributed by atoms with Crippen LogP contribution in [0.25, 0.3) is 16.9 Å².